The maximum Gasteiger partial charge on any atom is 0.119 e. The van der Waals surface area contributed by atoms with Gasteiger partial charge in [0.05, 0.1) is 13.2 Å². The third kappa shape index (κ3) is 6.02. The fourth-order valence-electron chi connectivity index (χ4n) is 1.97. The van der Waals surface area contributed by atoms with Gasteiger partial charge in [-0.2, -0.15) is 0 Å². The molecule has 0 unspecified atom stereocenters. The molecule has 0 aliphatic heterocycles. The van der Waals surface area contributed by atoms with Crippen LogP contribution in [0.25, 0.3) is 6.08 Å². The van der Waals surface area contributed by atoms with E-state index in [2.05, 4.69) is 12.2 Å². The summed E-state index contributed by atoms with van der Waals surface area (Å²) in [5, 5.41) is 8.70. The van der Waals surface area contributed by atoms with Crippen LogP contribution in [0.15, 0.2) is 60.7 Å². The summed E-state index contributed by atoms with van der Waals surface area (Å²) in [5.74, 6) is 1.70. The first-order chi connectivity index (χ1) is 10.9. The number of benzene rings is 2. The van der Waals surface area contributed by atoms with Gasteiger partial charge in [-0.3, -0.25) is 0 Å². The minimum atomic E-state index is 0.0344. The molecule has 0 atom stereocenters. The average molecular weight is 298 g/mol. The molecule has 0 aliphatic rings. The summed E-state index contributed by atoms with van der Waals surface area (Å²) < 4.78 is 11.0. The molecule has 0 fully saturated rings. The van der Waals surface area contributed by atoms with E-state index < -0.39 is 0 Å². The van der Waals surface area contributed by atoms with Crippen LogP contribution in [0.4, 0.5) is 0 Å². The Balaban J connectivity index is 1.65. The molecule has 3 heteroatoms. The van der Waals surface area contributed by atoms with E-state index in [9.17, 15) is 0 Å². The van der Waals surface area contributed by atoms with Gasteiger partial charge in [0, 0.05) is 0 Å². The highest BCUT2D eigenvalue weighted by molar-refractivity contribution is 5.50. The van der Waals surface area contributed by atoms with Crippen LogP contribution in [0.3, 0.4) is 0 Å². The maximum atomic E-state index is 8.70. The Morgan fingerprint density at radius 2 is 1.50 bits per heavy atom. The predicted octanol–water partition coefficient (Wildman–Crippen LogP) is 3.93. The smallest absolute Gasteiger partial charge is 0.119 e. The van der Waals surface area contributed by atoms with E-state index in [0.717, 1.165) is 36.5 Å². The normalized spacial score (nSPS) is 10.8. The van der Waals surface area contributed by atoms with Crippen molar-refractivity contribution in [1.82, 2.24) is 0 Å². The third-order valence-corrected chi connectivity index (χ3v) is 3.08. The number of para-hydroxylation sites is 1. The summed E-state index contributed by atoms with van der Waals surface area (Å²) in [6, 6.07) is 17.7. The van der Waals surface area contributed by atoms with Crippen molar-refractivity contribution in [3.05, 3.63) is 66.2 Å². The number of aliphatic hydroxyl groups excluding tert-OH is 1. The van der Waals surface area contributed by atoms with Crippen molar-refractivity contribution in [1.29, 1.82) is 0 Å². The van der Waals surface area contributed by atoms with E-state index >= 15 is 0 Å². The average Bonchev–Trinajstić information content (AvgIpc) is 2.58. The molecule has 0 bridgehead atoms. The Kier molecular flexibility index (Phi) is 7.06. The molecule has 2 aromatic rings. The predicted molar refractivity (Wildman–Crippen MR) is 89.2 cm³/mol. The van der Waals surface area contributed by atoms with E-state index in [1.807, 2.05) is 54.6 Å². The fraction of sp³-hybridized carbons (Fsp3) is 0.263. The zero-order chi connectivity index (χ0) is 15.5. The van der Waals surface area contributed by atoms with Crippen molar-refractivity contribution in [2.24, 2.45) is 0 Å². The van der Waals surface area contributed by atoms with Crippen LogP contribution in [-0.4, -0.2) is 24.9 Å². The third-order valence-electron chi connectivity index (χ3n) is 3.08. The number of hydrogen-bond donors (Lipinski definition) is 1. The quantitative estimate of drug-likeness (QED) is 0.713. The van der Waals surface area contributed by atoms with Crippen LogP contribution in [0.2, 0.25) is 0 Å². The Morgan fingerprint density at radius 1 is 0.818 bits per heavy atom. The monoisotopic (exact) mass is 298 g/mol. The lowest BCUT2D eigenvalue weighted by atomic mass is 10.2. The van der Waals surface area contributed by atoms with Crippen LogP contribution < -0.4 is 9.47 Å². The SMILES string of the molecule is OCCOc1ccc(C=CCCCOc2ccccc2)cc1. The van der Waals surface area contributed by atoms with Crippen molar-refractivity contribution in [3.63, 3.8) is 0 Å². The number of rotatable bonds is 9. The zero-order valence-corrected chi connectivity index (χ0v) is 12.7. The van der Waals surface area contributed by atoms with Crippen LogP contribution in [0, 0.1) is 0 Å². The molecule has 3 nitrogen and oxygen atoms in total. The molecule has 0 aromatic heterocycles. The van der Waals surface area contributed by atoms with Gasteiger partial charge < -0.3 is 14.6 Å². The van der Waals surface area contributed by atoms with Crippen LogP contribution in [0.1, 0.15) is 18.4 Å². The lowest BCUT2D eigenvalue weighted by Crippen LogP contribution is -2.01. The van der Waals surface area contributed by atoms with E-state index in [1.165, 1.54) is 0 Å². The van der Waals surface area contributed by atoms with Gasteiger partial charge in [0.2, 0.25) is 0 Å². The minimum Gasteiger partial charge on any atom is -0.494 e. The first kappa shape index (κ1) is 16.1. The Bertz CT molecular complexity index is 547. The van der Waals surface area contributed by atoms with Gasteiger partial charge in [-0.1, -0.05) is 42.5 Å². The van der Waals surface area contributed by atoms with E-state index in [-0.39, 0.29) is 6.61 Å². The molecule has 0 saturated heterocycles. The standard InChI is InChI=1S/C19H22O3/c20-14-16-22-19-12-10-17(11-13-19)7-3-2-6-15-21-18-8-4-1-5-9-18/h1,3-5,7-13,20H,2,6,14-16H2. The summed E-state index contributed by atoms with van der Waals surface area (Å²) in [7, 11) is 0. The van der Waals surface area contributed by atoms with Crippen molar-refractivity contribution >= 4 is 6.08 Å². The summed E-state index contributed by atoms with van der Waals surface area (Å²) in [5.41, 5.74) is 1.14. The lowest BCUT2D eigenvalue weighted by molar-refractivity contribution is 0.201. The highest BCUT2D eigenvalue weighted by atomic mass is 16.5. The molecule has 0 heterocycles. The Hall–Kier alpha value is -2.26. The summed E-state index contributed by atoms with van der Waals surface area (Å²) in [6.07, 6.45) is 6.22. The minimum absolute atomic E-state index is 0.0344. The number of allylic oxidation sites excluding steroid dienone is 1. The summed E-state index contributed by atoms with van der Waals surface area (Å²) in [4.78, 5) is 0. The van der Waals surface area contributed by atoms with Crippen LogP contribution >= 0.6 is 0 Å². The molecule has 2 aromatic carbocycles. The van der Waals surface area contributed by atoms with Gasteiger partial charge in [0.15, 0.2) is 0 Å². The van der Waals surface area contributed by atoms with Crippen LogP contribution in [0.5, 0.6) is 11.5 Å². The molecule has 22 heavy (non-hydrogen) atoms. The molecule has 2 rings (SSSR count). The van der Waals surface area contributed by atoms with Gasteiger partial charge >= 0.3 is 0 Å². The van der Waals surface area contributed by atoms with Crippen molar-refractivity contribution in [3.8, 4) is 11.5 Å². The second kappa shape index (κ2) is 9.64. The lowest BCUT2D eigenvalue weighted by Gasteiger charge is -2.04. The molecule has 116 valence electrons. The Morgan fingerprint density at radius 3 is 2.23 bits per heavy atom. The second-order valence-corrected chi connectivity index (χ2v) is 4.85. The van der Waals surface area contributed by atoms with Crippen molar-refractivity contribution in [2.75, 3.05) is 19.8 Å². The topological polar surface area (TPSA) is 38.7 Å². The van der Waals surface area contributed by atoms with E-state index in [0.29, 0.717) is 6.61 Å². The number of unbranched alkanes of at least 4 members (excludes halogenated alkanes) is 1. The molecular weight excluding hydrogens is 276 g/mol. The molecule has 0 amide bonds. The van der Waals surface area contributed by atoms with E-state index in [4.69, 9.17) is 14.6 Å². The largest absolute Gasteiger partial charge is 0.494 e. The maximum absolute atomic E-state index is 8.70. The zero-order valence-electron chi connectivity index (χ0n) is 12.7. The van der Waals surface area contributed by atoms with Crippen molar-refractivity contribution in [2.45, 2.75) is 12.8 Å². The van der Waals surface area contributed by atoms with Gasteiger partial charge in [0.25, 0.3) is 0 Å². The van der Waals surface area contributed by atoms with Gasteiger partial charge in [-0.25, -0.2) is 0 Å². The second-order valence-electron chi connectivity index (χ2n) is 4.85. The number of ether oxygens (including phenoxy) is 2. The number of aliphatic hydroxyl groups is 1. The summed E-state index contributed by atoms with van der Waals surface area (Å²) in [6.45, 7) is 1.09. The molecular formula is C19H22O3. The molecule has 0 saturated carbocycles. The summed E-state index contributed by atoms with van der Waals surface area (Å²) >= 11 is 0. The highest BCUT2D eigenvalue weighted by Crippen LogP contribution is 2.13. The first-order valence-corrected chi connectivity index (χ1v) is 7.56. The van der Waals surface area contributed by atoms with Crippen LogP contribution in [-0.2, 0) is 0 Å². The van der Waals surface area contributed by atoms with Crippen molar-refractivity contribution < 1.29 is 14.6 Å². The molecule has 0 aliphatic carbocycles. The molecule has 1 N–H and O–H groups in total. The Labute approximate surface area is 131 Å². The fourth-order valence-corrected chi connectivity index (χ4v) is 1.97. The first-order valence-electron chi connectivity index (χ1n) is 7.56. The highest BCUT2D eigenvalue weighted by Gasteiger charge is 1.93. The van der Waals surface area contributed by atoms with E-state index in [1.54, 1.807) is 0 Å². The molecule has 0 radical (unpaired) electrons. The molecule has 0 spiro atoms. The van der Waals surface area contributed by atoms with Gasteiger partial charge in [-0.15, -0.1) is 0 Å². The number of hydrogen-bond acceptors (Lipinski definition) is 3. The van der Waals surface area contributed by atoms with Gasteiger partial charge in [0.1, 0.15) is 18.1 Å². The van der Waals surface area contributed by atoms with Gasteiger partial charge in [-0.05, 0) is 42.7 Å².